The van der Waals surface area contributed by atoms with Gasteiger partial charge in [-0.15, -0.1) is 0 Å². The summed E-state index contributed by atoms with van der Waals surface area (Å²) >= 11 is 0. The predicted molar refractivity (Wildman–Crippen MR) is 91.2 cm³/mol. The van der Waals surface area contributed by atoms with Gasteiger partial charge in [-0.1, -0.05) is 39.0 Å². The Kier molecular flexibility index (Phi) is 3.55. The van der Waals surface area contributed by atoms with E-state index in [1.165, 1.54) is 0 Å². The van der Waals surface area contributed by atoms with E-state index in [2.05, 4.69) is 5.10 Å². The first-order valence-electron chi connectivity index (χ1n) is 7.79. The summed E-state index contributed by atoms with van der Waals surface area (Å²) in [4.78, 5) is 0.302. The molecule has 0 aliphatic carbocycles. The SMILES string of the molecule is CC1Cc2ccccc2N1S(=O)(=O)c1cn(C)nc1C(C)(C)C. The lowest BCUT2D eigenvalue weighted by molar-refractivity contribution is 0.536. The van der Waals surface area contributed by atoms with Gasteiger partial charge in [-0.3, -0.25) is 8.99 Å². The Morgan fingerprint density at radius 1 is 1.22 bits per heavy atom. The van der Waals surface area contributed by atoms with E-state index in [9.17, 15) is 8.42 Å². The summed E-state index contributed by atoms with van der Waals surface area (Å²) in [6, 6.07) is 7.61. The van der Waals surface area contributed by atoms with Gasteiger partial charge >= 0.3 is 0 Å². The molecule has 1 atom stereocenters. The number of para-hydroxylation sites is 1. The van der Waals surface area contributed by atoms with Crippen LogP contribution in [-0.4, -0.2) is 24.2 Å². The van der Waals surface area contributed by atoms with Crippen LogP contribution in [0.1, 0.15) is 39.0 Å². The molecule has 0 radical (unpaired) electrons. The predicted octanol–water partition coefficient (Wildman–Crippen LogP) is 2.86. The Hall–Kier alpha value is -1.82. The normalized spacial score (nSPS) is 18.3. The van der Waals surface area contributed by atoms with E-state index in [4.69, 9.17) is 0 Å². The minimum atomic E-state index is -3.64. The van der Waals surface area contributed by atoms with Gasteiger partial charge in [-0.05, 0) is 25.0 Å². The zero-order valence-corrected chi connectivity index (χ0v) is 15.1. The molecule has 0 spiro atoms. The summed E-state index contributed by atoms with van der Waals surface area (Å²) in [5.74, 6) is 0. The molecule has 0 fully saturated rings. The van der Waals surface area contributed by atoms with Crippen molar-refractivity contribution in [1.29, 1.82) is 0 Å². The van der Waals surface area contributed by atoms with Crippen LogP contribution in [-0.2, 0) is 28.9 Å². The van der Waals surface area contributed by atoms with Crippen molar-refractivity contribution in [2.24, 2.45) is 7.05 Å². The quantitative estimate of drug-likeness (QED) is 0.849. The van der Waals surface area contributed by atoms with Crippen LogP contribution in [0.2, 0.25) is 0 Å². The minimum absolute atomic E-state index is 0.0922. The van der Waals surface area contributed by atoms with Crippen molar-refractivity contribution in [1.82, 2.24) is 9.78 Å². The summed E-state index contributed by atoms with van der Waals surface area (Å²) in [6.07, 6.45) is 2.35. The van der Waals surface area contributed by atoms with Crippen molar-refractivity contribution in [2.75, 3.05) is 4.31 Å². The fourth-order valence-corrected chi connectivity index (χ4v) is 5.26. The molecule has 1 aliphatic rings. The van der Waals surface area contributed by atoms with Crippen LogP contribution in [0.5, 0.6) is 0 Å². The molecule has 1 aromatic heterocycles. The van der Waals surface area contributed by atoms with Crippen LogP contribution >= 0.6 is 0 Å². The maximum absolute atomic E-state index is 13.4. The lowest BCUT2D eigenvalue weighted by atomic mass is 9.92. The standard InChI is InChI=1S/C17H23N3O2S/c1-12-10-13-8-6-7-9-14(13)20(12)23(21,22)15-11-19(5)18-16(15)17(2,3)4/h6-9,11-12H,10H2,1-5H3. The summed E-state index contributed by atoms with van der Waals surface area (Å²) < 4.78 is 29.9. The third kappa shape index (κ3) is 2.55. The fourth-order valence-electron chi connectivity index (χ4n) is 3.18. The van der Waals surface area contributed by atoms with Gasteiger partial charge in [0.25, 0.3) is 10.0 Å². The van der Waals surface area contributed by atoms with E-state index in [1.807, 2.05) is 52.0 Å². The second-order valence-corrected chi connectivity index (χ2v) is 9.03. The lowest BCUT2D eigenvalue weighted by Gasteiger charge is -2.26. The molecule has 0 N–H and O–H groups in total. The molecule has 0 amide bonds. The van der Waals surface area contributed by atoms with Crippen LogP contribution in [0.25, 0.3) is 0 Å². The fraction of sp³-hybridized carbons (Fsp3) is 0.471. The first-order valence-corrected chi connectivity index (χ1v) is 9.23. The van der Waals surface area contributed by atoms with E-state index >= 15 is 0 Å². The molecular formula is C17H23N3O2S. The maximum atomic E-state index is 13.4. The minimum Gasteiger partial charge on any atom is -0.274 e. The van der Waals surface area contributed by atoms with Crippen molar-refractivity contribution < 1.29 is 8.42 Å². The topological polar surface area (TPSA) is 55.2 Å². The van der Waals surface area contributed by atoms with E-state index < -0.39 is 10.0 Å². The van der Waals surface area contributed by atoms with E-state index in [0.29, 0.717) is 10.6 Å². The molecule has 1 aliphatic heterocycles. The second-order valence-electron chi connectivity index (χ2n) is 7.25. The summed E-state index contributed by atoms with van der Waals surface area (Å²) in [7, 11) is -1.88. The highest BCUT2D eigenvalue weighted by Gasteiger charge is 2.39. The second kappa shape index (κ2) is 5.09. The maximum Gasteiger partial charge on any atom is 0.268 e. The Balaban J connectivity index is 2.18. The van der Waals surface area contributed by atoms with Gasteiger partial charge in [0.2, 0.25) is 0 Å². The van der Waals surface area contributed by atoms with Gasteiger partial charge in [0.15, 0.2) is 0 Å². The molecule has 23 heavy (non-hydrogen) atoms. The van der Waals surface area contributed by atoms with Crippen molar-refractivity contribution in [3.8, 4) is 0 Å². The van der Waals surface area contributed by atoms with Crippen molar-refractivity contribution in [3.05, 3.63) is 41.7 Å². The van der Waals surface area contributed by atoms with Crippen molar-refractivity contribution in [2.45, 2.75) is 50.5 Å². The molecule has 0 saturated carbocycles. The molecule has 3 rings (SSSR count). The summed E-state index contributed by atoms with van der Waals surface area (Å²) in [5, 5.41) is 4.41. The number of benzene rings is 1. The molecule has 0 saturated heterocycles. The molecule has 0 bridgehead atoms. The number of anilines is 1. The lowest BCUT2D eigenvalue weighted by Crippen LogP contribution is -2.36. The summed E-state index contributed by atoms with van der Waals surface area (Å²) in [6.45, 7) is 7.89. The van der Waals surface area contributed by atoms with Gasteiger partial charge < -0.3 is 0 Å². The number of aryl methyl sites for hydroxylation is 1. The molecular weight excluding hydrogens is 310 g/mol. The van der Waals surface area contributed by atoms with Gasteiger partial charge in [-0.25, -0.2) is 8.42 Å². The number of aromatic nitrogens is 2. The largest absolute Gasteiger partial charge is 0.274 e. The zero-order chi connectivity index (χ0) is 17.0. The molecule has 1 aromatic carbocycles. The number of sulfonamides is 1. The van der Waals surface area contributed by atoms with E-state index in [0.717, 1.165) is 17.7 Å². The zero-order valence-electron chi connectivity index (χ0n) is 14.2. The van der Waals surface area contributed by atoms with Gasteiger partial charge in [0, 0.05) is 24.7 Å². The first-order chi connectivity index (χ1) is 10.6. The Bertz CT molecular complexity index is 847. The van der Waals surface area contributed by atoms with Crippen LogP contribution in [0.3, 0.4) is 0 Å². The highest BCUT2D eigenvalue weighted by molar-refractivity contribution is 7.93. The highest BCUT2D eigenvalue weighted by Crippen LogP contribution is 2.38. The number of fused-ring (bicyclic) bond motifs is 1. The third-order valence-corrected chi connectivity index (χ3v) is 6.12. The smallest absolute Gasteiger partial charge is 0.268 e. The number of nitrogens with zero attached hydrogens (tertiary/aromatic N) is 3. The number of hydrogen-bond acceptors (Lipinski definition) is 3. The van der Waals surface area contributed by atoms with E-state index in [-0.39, 0.29) is 11.5 Å². The molecule has 2 heterocycles. The van der Waals surface area contributed by atoms with Gasteiger partial charge in [0.1, 0.15) is 4.90 Å². The monoisotopic (exact) mass is 333 g/mol. The van der Waals surface area contributed by atoms with Gasteiger partial charge in [0.05, 0.1) is 11.4 Å². The number of hydrogen-bond donors (Lipinski definition) is 0. The molecule has 6 heteroatoms. The average Bonchev–Trinajstić information content (AvgIpc) is 2.98. The Morgan fingerprint density at radius 3 is 2.52 bits per heavy atom. The molecule has 2 aromatic rings. The Labute approximate surface area is 138 Å². The van der Waals surface area contributed by atoms with Crippen LogP contribution in [0, 0.1) is 0 Å². The third-order valence-electron chi connectivity index (χ3n) is 4.19. The first kappa shape index (κ1) is 16.1. The number of rotatable bonds is 2. The van der Waals surface area contributed by atoms with Gasteiger partial charge in [-0.2, -0.15) is 5.10 Å². The molecule has 1 unspecified atom stereocenters. The van der Waals surface area contributed by atoms with Crippen molar-refractivity contribution in [3.63, 3.8) is 0 Å². The van der Waals surface area contributed by atoms with Crippen LogP contribution in [0.4, 0.5) is 5.69 Å². The van der Waals surface area contributed by atoms with Crippen LogP contribution < -0.4 is 4.31 Å². The Morgan fingerprint density at radius 2 is 1.87 bits per heavy atom. The summed E-state index contributed by atoms with van der Waals surface area (Å²) in [5.41, 5.74) is 2.12. The highest BCUT2D eigenvalue weighted by atomic mass is 32.2. The average molecular weight is 333 g/mol. The molecule has 5 nitrogen and oxygen atoms in total. The van der Waals surface area contributed by atoms with E-state index in [1.54, 1.807) is 22.2 Å². The van der Waals surface area contributed by atoms with Crippen molar-refractivity contribution >= 4 is 15.7 Å². The van der Waals surface area contributed by atoms with Crippen LogP contribution in [0.15, 0.2) is 35.4 Å². The molecule has 124 valence electrons.